The van der Waals surface area contributed by atoms with E-state index < -0.39 is 23.6 Å². The van der Waals surface area contributed by atoms with Crippen molar-refractivity contribution in [1.29, 1.82) is 0 Å². The average molecular weight is 215 g/mol. The van der Waals surface area contributed by atoms with Gasteiger partial charge >= 0.3 is 5.97 Å². The molecule has 0 aromatic heterocycles. The average Bonchev–Trinajstić information content (AvgIpc) is 2.14. The second-order valence-corrected chi connectivity index (χ2v) is 3.20. The number of nitrogens with two attached hydrogens (primary N) is 1. The van der Waals surface area contributed by atoms with Gasteiger partial charge in [-0.2, -0.15) is 0 Å². The number of hydrogen-bond acceptors (Lipinski definition) is 2. The molecular formula is C10H11F2NO2. The van der Waals surface area contributed by atoms with E-state index in [1.807, 2.05) is 0 Å². The van der Waals surface area contributed by atoms with E-state index in [9.17, 15) is 13.6 Å². The molecule has 3 N–H and O–H groups in total. The maximum Gasteiger partial charge on any atom is 0.303 e. The predicted molar refractivity (Wildman–Crippen MR) is 50.2 cm³/mol. The second kappa shape index (κ2) is 4.84. The molecule has 0 amide bonds. The summed E-state index contributed by atoms with van der Waals surface area (Å²) >= 11 is 0. The first kappa shape index (κ1) is 11.6. The summed E-state index contributed by atoms with van der Waals surface area (Å²) in [6.45, 7) is 0. The number of halogens is 2. The number of benzene rings is 1. The molecule has 0 fully saturated rings. The smallest absolute Gasteiger partial charge is 0.303 e. The lowest BCUT2D eigenvalue weighted by molar-refractivity contribution is -0.137. The minimum Gasteiger partial charge on any atom is -0.481 e. The topological polar surface area (TPSA) is 63.3 Å². The van der Waals surface area contributed by atoms with E-state index in [4.69, 9.17) is 10.8 Å². The Morgan fingerprint density at radius 2 is 2.13 bits per heavy atom. The Labute approximate surface area is 85.5 Å². The molecule has 1 aromatic rings. The van der Waals surface area contributed by atoms with E-state index in [0.717, 1.165) is 12.1 Å². The molecule has 1 aromatic carbocycles. The van der Waals surface area contributed by atoms with Gasteiger partial charge in [0.1, 0.15) is 11.6 Å². The van der Waals surface area contributed by atoms with Gasteiger partial charge in [-0.05, 0) is 12.5 Å². The second-order valence-electron chi connectivity index (χ2n) is 3.20. The molecule has 0 bridgehead atoms. The number of carbonyl (C=O) groups is 1. The standard InChI is InChI=1S/C10H11F2NO2/c11-6-1-2-7(8(12)5-6)9(13)3-4-10(14)15/h1-2,5,9H,3-4,13H2,(H,14,15). The summed E-state index contributed by atoms with van der Waals surface area (Å²) in [6.07, 6.45) is -0.0180. The maximum absolute atomic E-state index is 13.2. The molecule has 0 saturated heterocycles. The lowest BCUT2D eigenvalue weighted by atomic mass is 10.0. The minimum atomic E-state index is -0.993. The Hall–Kier alpha value is -1.49. The van der Waals surface area contributed by atoms with Crippen molar-refractivity contribution in [3.63, 3.8) is 0 Å². The third-order valence-corrected chi connectivity index (χ3v) is 2.03. The van der Waals surface area contributed by atoms with Crippen molar-refractivity contribution in [1.82, 2.24) is 0 Å². The van der Waals surface area contributed by atoms with Crippen LogP contribution in [0.1, 0.15) is 24.4 Å². The fourth-order valence-corrected chi connectivity index (χ4v) is 1.24. The number of carboxylic acids is 1. The van der Waals surface area contributed by atoms with Crippen LogP contribution in [0.4, 0.5) is 8.78 Å². The van der Waals surface area contributed by atoms with Crippen LogP contribution < -0.4 is 5.73 Å². The van der Waals surface area contributed by atoms with Gasteiger partial charge in [-0.1, -0.05) is 6.07 Å². The summed E-state index contributed by atoms with van der Waals surface area (Å²) in [6, 6.07) is 2.34. The molecule has 1 rings (SSSR count). The predicted octanol–water partition coefficient (Wildman–Crippen LogP) is 1.83. The third-order valence-electron chi connectivity index (χ3n) is 2.03. The fraction of sp³-hybridized carbons (Fsp3) is 0.300. The quantitative estimate of drug-likeness (QED) is 0.805. The van der Waals surface area contributed by atoms with E-state index in [1.165, 1.54) is 6.07 Å². The molecule has 0 radical (unpaired) electrons. The van der Waals surface area contributed by atoms with Crippen LogP contribution in [0.5, 0.6) is 0 Å². The van der Waals surface area contributed by atoms with E-state index in [-0.39, 0.29) is 18.4 Å². The number of aliphatic carboxylic acids is 1. The molecule has 0 saturated carbocycles. The Kier molecular flexibility index (Phi) is 3.74. The van der Waals surface area contributed by atoms with Crippen molar-refractivity contribution in [2.75, 3.05) is 0 Å². The van der Waals surface area contributed by atoms with Gasteiger partial charge < -0.3 is 10.8 Å². The van der Waals surface area contributed by atoms with Crippen LogP contribution in [0.2, 0.25) is 0 Å². The first-order valence-corrected chi connectivity index (χ1v) is 4.43. The van der Waals surface area contributed by atoms with Gasteiger partial charge in [0, 0.05) is 24.1 Å². The van der Waals surface area contributed by atoms with Crippen LogP contribution in [-0.4, -0.2) is 11.1 Å². The molecule has 0 aliphatic rings. The summed E-state index contributed by atoms with van der Waals surface area (Å²) < 4.78 is 25.7. The Balaban J connectivity index is 2.73. The highest BCUT2D eigenvalue weighted by Crippen LogP contribution is 2.19. The zero-order chi connectivity index (χ0) is 11.4. The first-order chi connectivity index (χ1) is 7.00. The van der Waals surface area contributed by atoms with Crippen LogP contribution >= 0.6 is 0 Å². The summed E-state index contributed by atoms with van der Waals surface area (Å²) in [5.41, 5.74) is 5.71. The minimum absolute atomic E-state index is 0.123. The van der Waals surface area contributed by atoms with Crippen molar-refractivity contribution in [2.24, 2.45) is 5.73 Å². The van der Waals surface area contributed by atoms with Crippen LogP contribution in [0.15, 0.2) is 18.2 Å². The van der Waals surface area contributed by atoms with Crippen LogP contribution in [0.25, 0.3) is 0 Å². The summed E-state index contributed by atoms with van der Waals surface area (Å²) in [5, 5.41) is 8.41. The Bertz CT molecular complexity index is 368. The fourth-order valence-electron chi connectivity index (χ4n) is 1.24. The van der Waals surface area contributed by atoms with Crippen molar-refractivity contribution < 1.29 is 18.7 Å². The summed E-state index contributed by atoms with van der Waals surface area (Å²) in [4.78, 5) is 10.3. The normalized spacial score (nSPS) is 12.5. The molecule has 1 atom stereocenters. The highest BCUT2D eigenvalue weighted by Gasteiger charge is 2.13. The van der Waals surface area contributed by atoms with Gasteiger partial charge in [-0.15, -0.1) is 0 Å². The van der Waals surface area contributed by atoms with Crippen molar-refractivity contribution >= 4 is 5.97 Å². The molecule has 15 heavy (non-hydrogen) atoms. The number of rotatable bonds is 4. The largest absolute Gasteiger partial charge is 0.481 e. The molecule has 0 heterocycles. The van der Waals surface area contributed by atoms with Crippen molar-refractivity contribution in [3.8, 4) is 0 Å². The van der Waals surface area contributed by atoms with Crippen molar-refractivity contribution in [3.05, 3.63) is 35.4 Å². The van der Waals surface area contributed by atoms with Crippen molar-refractivity contribution in [2.45, 2.75) is 18.9 Å². The molecular weight excluding hydrogens is 204 g/mol. The molecule has 3 nitrogen and oxygen atoms in total. The van der Waals surface area contributed by atoms with Gasteiger partial charge in [0.25, 0.3) is 0 Å². The van der Waals surface area contributed by atoms with Gasteiger partial charge in [0.15, 0.2) is 0 Å². The highest BCUT2D eigenvalue weighted by molar-refractivity contribution is 5.66. The Morgan fingerprint density at radius 3 is 2.67 bits per heavy atom. The monoisotopic (exact) mass is 215 g/mol. The molecule has 1 unspecified atom stereocenters. The lowest BCUT2D eigenvalue weighted by Gasteiger charge is -2.11. The SMILES string of the molecule is NC(CCC(=O)O)c1ccc(F)cc1F. The number of hydrogen-bond donors (Lipinski definition) is 2. The third kappa shape index (κ3) is 3.28. The van der Waals surface area contributed by atoms with Gasteiger partial charge in [-0.3, -0.25) is 4.79 Å². The zero-order valence-electron chi connectivity index (χ0n) is 7.91. The highest BCUT2D eigenvalue weighted by atomic mass is 19.1. The van der Waals surface area contributed by atoms with Crippen LogP contribution in [-0.2, 0) is 4.79 Å². The Morgan fingerprint density at radius 1 is 1.47 bits per heavy atom. The molecule has 5 heteroatoms. The van der Waals surface area contributed by atoms with E-state index in [0.29, 0.717) is 0 Å². The molecule has 82 valence electrons. The van der Waals surface area contributed by atoms with Gasteiger partial charge in [-0.25, -0.2) is 8.78 Å². The maximum atomic E-state index is 13.2. The zero-order valence-corrected chi connectivity index (χ0v) is 7.91. The van der Waals surface area contributed by atoms with Gasteiger partial charge in [0.2, 0.25) is 0 Å². The van der Waals surface area contributed by atoms with E-state index >= 15 is 0 Å². The first-order valence-electron chi connectivity index (χ1n) is 4.43. The molecule has 0 spiro atoms. The lowest BCUT2D eigenvalue weighted by Crippen LogP contribution is -2.14. The summed E-state index contributed by atoms with van der Waals surface area (Å²) in [5.74, 6) is -2.41. The molecule has 0 aliphatic carbocycles. The van der Waals surface area contributed by atoms with Crippen LogP contribution in [0, 0.1) is 11.6 Å². The van der Waals surface area contributed by atoms with Gasteiger partial charge in [0.05, 0.1) is 0 Å². The number of carboxylic acid groups (broad SMARTS) is 1. The molecule has 0 aliphatic heterocycles. The van der Waals surface area contributed by atoms with Crippen LogP contribution in [0.3, 0.4) is 0 Å². The van der Waals surface area contributed by atoms with E-state index in [1.54, 1.807) is 0 Å². The summed E-state index contributed by atoms with van der Waals surface area (Å²) in [7, 11) is 0. The van der Waals surface area contributed by atoms with E-state index in [2.05, 4.69) is 0 Å².